The van der Waals surface area contributed by atoms with Crippen molar-refractivity contribution in [1.82, 2.24) is 5.32 Å². The lowest BCUT2D eigenvalue weighted by molar-refractivity contribution is -0.146. The number of amides is 1. The second-order valence-electron chi connectivity index (χ2n) is 8.40. The van der Waals surface area contributed by atoms with Crippen molar-refractivity contribution in [1.29, 1.82) is 0 Å². The second kappa shape index (κ2) is 18.4. The summed E-state index contributed by atoms with van der Waals surface area (Å²) in [5, 5.41) is 2.79. The number of thioether (sulfide) groups is 1. The lowest BCUT2D eigenvalue weighted by atomic mass is 9.92. The van der Waals surface area contributed by atoms with Crippen LogP contribution in [0, 0.1) is 0 Å². The summed E-state index contributed by atoms with van der Waals surface area (Å²) in [6.45, 7) is 3.80. The third-order valence-electron chi connectivity index (χ3n) is 5.57. The molecule has 3 atom stereocenters. The summed E-state index contributed by atoms with van der Waals surface area (Å²) in [7, 11) is 0. The summed E-state index contributed by atoms with van der Waals surface area (Å²) in [6, 6.07) is 17.1. The van der Waals surface area contributed by atoms with Crippen LogP contribution in [0.15, 0.2) is 60.7 Å². The van der Waals surface area contributed by atoms with Crippen LogP contribution >= 0.6 is 24.2 Å². The van der Waals surface area contributed by atoms with Gasteiger partial charge in [0.2, 0.25) is 5.91 Å². The number of halogens is 1. The van der Waals surface area contributed by atoms with Crippen molar-refractivity contribution in [3.8, 4) is 0 Å². The molecule has 0 saturated heterocycles. The lowest BCUT2D eigenvalue weighted by Gasteiger charge is -2.21. The minimum atomic E-state index is -0.918. The molecule has 0 spiro atoms. The number of nitrogens with two attached hydrogens (primary N) is 1. The van der Waals surface area contributed by atoms with Gasteiger partial charge in [-0.25, -0.2) is 0 Å². The maximum Gasteiger partial charge on any atom is 0.322 e. The fourth-order valence-corrected chi connectivity index (χ4v) is 4.66. The Morgan fingerprint density at radius 1 is 0.895 bits per heavy atom. The number of Topliss-reactive ketones (excluding diaryl/α,β-unsaturated/α-hetero) is 1. The average molecular weight is 565 g/mol. The first-order chi connectivity index (χ1) is 17.8. The molecule has 1 amide bonds. The predicted octanol–water partition coefficient (Wildman–Crippen LogP) is 3.80. The normalized spacial score (nSPS) is 12.8. The highest BCUT2D eigenvalue weighted by Gasteiger charge is 2.30. The topological polar surface area (TPSA) is 125 Å². The highest BCUT2D eigenvalue weighted by atomic mass is 35.5. The van der Waals surface area contributed by atoms with Crippen molar-refractivity contribution in [2.24, 2.45) is 5.73 Å². The van der Waals surface area contributed by atoms with Gasteiger partial charge in [0, 0.05) is 24.3 Å². The Labute approximate surface area is 234 Å². The molecule has 0 aromatic heterocycles. The number of benzene rings is 2. The molecule has 0 radical (unpaired) electrons. The summed E-state index contributed by atoms with van der Waals surface area (Å²) < 4.78 is 10.1. The number of carbonyl (C=O) groups is 4. The van der Waals surface area contributed by atoms with Gasteiger partial charge in [0.15, 0.2) is 5.78 Å². The van der Waals surface area contributed by atoms with Gasteiger partial charge in [-0.2, -0.15) is 11.8 Å². The maximum absolute atomic E-state index is 13.4. The molecule has 0 bridgehead atoms. The van der Waals surface area contributed by atoms with Gasteiger partial charge in [-0.15, -0.1) is 12.4 Å². The molecule has 2 rings (SSSR count). The van der Waals surface area contributed by atoms with Gasteiger partial charge in [0.1, 0.15) is 6.04 Å². The molecule has 0 aliphatic carbocycles. The molecule has 0 fully saturated rings. The highest BCUT2D eigenvalue weighted by Crippen LogP contribution is 2.24. The summed E-state index contributed by atoms with van der Waals surface area (Å²) >= 11 is 1.51. The zero-order valence-corrected chi connectivity index (χ0v) is 23.4. The van der Waals surface area contributed by atoms with Crippen LogP contribution in [0.2, 0.25) is 0 Å². The number of rotatable bonds is 16. The highest BCUT2D eigenvalue weighted by molar-refractivity contribution is 7.98. The summed E-state index contributed by atoms with van der Waals surface area (Å²) in [5.41, 5.74) is 7.58. The molecule has 0 heterocycles. The van der Waals surface area contributed by atoms with Crippen LogP contribution in [0.3, 0.4) is 0 Å². The third kappa shape index (κ3) is 11.7. The fraction of sp³-hybridized carbons (Fsp3) is 0.429. The molecule has 0 unspecified atom stereocenters. The van der Waals surface area contributed by atoms with Crippen LogP contribution in [0.25, 0.3) is 0 Å². The number of esters is 2. The summed E-state index contributed by atoms with van der Waals surface area (Å²) in [4.78, 5) is 50.6. The first-order valence-electron chi connectivity index (χ1n) is 12.4. The number of ketones is 1. The second-order valence-corrected chi connectivity index (χ2v) is 9.43. The monoisotopic (exact) mass is 564 g/mol. The zero-order chi connectivity index (χ0) is 27.0. The minimum absolute atomic E-state index is 0. The first-order valence-corrected chi connectivity index (χ1v) is 13.6. The van der Waals surface area contributed by atoms with E-state index in [4.69, 9.17) is 15.2 Å². The third-order valence-corrected chi connectivity index (χ3v) is 6.68. The molecular weight excluding hydrogens is 528 g/mol. The van der Waals surface area contributed by atoms with E-state index in [-0.39, 0.29) is 50.7 Å². The van der Waals surface area contributed by atoms with Crippen molar-refractivity contribution >= 4 is 47.8 Å². The lowest BCUT2D eigenvalue weighted by Crippen LogP contribution is -2.44. The van der Waals surface area contributed by atoms with Gasteiger partial charge in [-0.05, 0) is 31.4 Å². The van der Waals surface area contributed by atoms with Crippen LogP contribution in [0.1, 0.15) is 50.2 Å². The zero-order valence-electron chi connectivity index (χ0n) is 21.8. The van der Waals surface area contributed by atoms with E-state index in [1.807, 2.05) is 36.4 Å². The SMILES string of the molecule is CCOC(=O)[C@@H](N)CCC(=O)N[C@@H](CSCc1ccccc1)C(=O)C[C@@H](C(=O)OCC)c1ccccc1.Cl. The molecule has 0 aliphatic rings. The van der Waals surface area contributed by atoms with Gasteiger partial charge >= 0.3 is 11.9 Å². The number of ether oxygens (including phenoxy) is 2. The van der Waals surface area contributed by atoms with E-state index in [2.05, 4.69) is 5.32 Å². The van der Waals surface area contributed by atoms with E-state index in [0.29, 0.717) is 17.1 Å². The fourth-order valence-electron chi connectivity index (χ4n) is 3.61. The van der Waals surface area contributed by atoms with Crippen molar-refractivity contribution in [3.05, 3.63) is 71.8 Å². The Balaban J connectivity index is 0.00000722. The van der Waals surface area contributed by atoms with Crippen LogP contribution < -0.4 is 11.1 Å². The smallest absolute Gasteiger partial charge is 0.322 e. The van der Waals surface area contributed by atoms with Crippen LogP contribution in [0.5, 0.6) is 0 Å². The Morgan fingerprint density at radius 3 is 2.08 bits per heavy atom. The largest absolute Gasteiger partial charge is 0.466 e. The van der Waals surface area contributed by atoms with E-state index >= 15 is 0 Å². The Bertz CT molecular complexity index is 1010. The molecule has 8 nitrogen and oxygen atoms in total. The van der Waals surface area contributed by atoms with Crippen LogP contribution in [0.4, 0.5) is 0 Å². The molecule has 2 aromatic carbocycles. The van der Waals surface area contributed by atoms with Crippen molar-refractivity contribution in [2.75, 3.05) is 19.0 Å². The van der Waals surface area contributed by atoms with Crippen LogP contribution in [-0.2, 0) is 34.4 Å². The summed E-state index contributed by atoms with van der Waals surface area (Å²) in [6.07, 6.45) is -0.0483. The van der Waals surface area contributed by atoms with E-state index in [1.54, 1.807) is 38.1 Å². The Hall–Kier alpha value is -2.88. The number of carbonyl (C=O) groups excluding carboxylic acids is 4. The predicted molar refractivity (Wildman–Crippen MR) is 151 cm³/mol. The van der Waals surface area contributed by atoms with E-state index in [1.165, 1.54) is 11.8 Å². The molecular formula is C28H37ClN2O6S. The first kappa shape index (κ1) is 33.1. The molecule has 10 heteroatoms. The van der Waals surface area contributed by atoms with Gasteiger partial charge in [0.05, 0.1) is 25.2 Å². The number of nitrogens with one attached hydrogen (secondary N) is 1. The Kier molecular flexibility index (Phi) is 16.0. The van der Waals surface area contributed by atoms with Crippen molar-refractivity contribution in [3.63, 3.8) is 0 Å². The summed E-state index contributed by atoms with van der Waals surface area (Å²) in [5.74, 6) is -1.51. The molecule has 38 heavy (non-hydrogen) atoms. The van der Waals surface area contributed by atoms with Gasteiger partial charge in [0.25, 0.3) is 0 Å². The maximum atomic E-state index is 13.4. The number of hydrogen-bond donors (Lipinski definition) is 2. The number of hydrogen-bond acceptors (Lipinski definition) is 8. The van der Waals surface area contributed by atoms with E-state index in [0.717, 1.165) is 5.56 Å². The van der Waals surface area contributed by atoms with Crippen molar-refractivity contribution < 1.29 is 28.7 Å². The van der Waals surface area contributed by atoms with Crippen LogP contribution in [-0.4, -0.2) is 54.7 Å². The molecule has 0 saturated carbocycles. The molecule has 0 aliphatic heterocycles. The standard InChI is InChI=1S/C28H36N2O6S.ClH/c1-3-35-27(33)22(21-13-9-6-10-14-21)17-25(31)24(19-37-18-20-11-7-5-8-12-20)30-26(32)16-15-23(29)28(34)36-4-2;/h5-14,22-24H,3-4,15-19,29H2,1-2H3,(H,30,32);1H/t22-,23+,24+;/m1./s1. The quantitative estimate of drug-likeness (QED) is 0.295. The van der Waals surface area contributed by atoms with Gasteiger partial charge in [-0.3, -0.25) is 19.2 Å². The molecule has 2 aromatic rings. The molecule has 208 valence electrons. The minimum Gasteiger partial charge on any atom is -0.466 e. The Morgan fingerprint density at radius 2 is 1.47 bits per heavy atom. The molecule has 3 N–H and O–H groups in total. The van der Waals surface area contributed by atoms with E-state index in [9.17, 15) is 19.2 Å². The van der Waals surface area contributed by atoms with Gasteiger partial charge < -0.3 is 20.5 Å². The van der Waals surface area contributed by atoms with Crippen molar-refractivity contribution in [2.45, 2.75) is 56.9 Å². The van der Waals surface area contributed by atoms with Gasteiger partial charge in [-0.1, -0.05) is 60.7 Å². The average Bonchev–Trinajstić information content (AvgIpc) is 2.91. The van der Waals surface area contributed by atoms with E-state index < -0.39 is 35.8 Å².